The van der Waals surface area contributed by atoms with Gasteiger partial charge < -0.3 is 15.2 Å². The predicted octanol–water partition coefficient (Wildman–Crippen LogP) is 2.31. The molecule has 1 aromatic heterocycles. The summed E-state index contributed by atoms with van der Waals surface area (Å²) in [6.45, 7) is 3.34. The minimum atomic E-state index is -0.528. The summed E-state index contributed by atoms with van der Waals surface area (Å²) in [5, 5.41) is 13.2. The van der Waals surface area contributed by atoms with Gasteiger partial charge in [0.2, 0.25) is 0 Å². The monoisotopic (exact) mass is 286 g/mol. The van der Waals surface area contributed by atoms with Gasteiger partial charge in [-0.2, -0.15) is 0 Å². The average Bonchev–Trinajstić information content (AvgIpc) is 2.54. The van der Waals surface area contributed by atoms with Gasteiger partial charge in [-0.05, 0) is 24.6 Å². The molecule has 0 radical (unpaired) electrons. The second kappa shape index (κ2) is 8.52. The number of hydrogen-bond donors (Lipinski definition) is 2. The van der Waals surface area contributed by atoms with E-state index in [0.29, 0.717) is 19.8 Å². The number of benzene rings is 1. The zero-order valence-corrected chi connectivity index (χ0v) is 12.3. The second-order valence-corrected chi connectivity index (χ2v) is 5.04. The Kier molecular flexibility index (Phi) is 6.34. The lowest BCUT2D eigenvalue weighted by Crippen LogP contribution is -2.32. The fourth-order valence-corrected chi connectivity index (χ4v) is 2.00. The van der Waals surface area contributed by atoms with Crippen LogP contribution < -0.4 is 5.32 Å². The molecule has 2 atom stereocenters. The first-order valence-corrected chi connectivity index (χ1v) is 7.20. The third-order valence-electron chi connectivity index (χ3n) is 3.21. The molecule has 0 fully saturated rings. The Hall–Kier alpha value is -1.75. The lowest BCUT2D eigenvalue weighted by Gasteiger charge is -2.17. The zero-order chi connectivity index (χ0) is 14.9. The molecule has 4 nitrogen and oxygen atoms in total. The van der Waals surface area contributed by atoms with Crippen molar-refractivity contribution in [2.24, 2.45) is 0 Å². The van der Waals surface area contributed by atoms with E-state index in [0.717, 1.165) is 11.3 Å². The molecule has 21 heavy (non-hydrogen) atoms. The van der Waals surface area contributed by atoms with Gasteiger partial charge in [-0.25, -0.2) is 0 Å². The lowest BCUT2D eigenvalue weighted by atomic mass is 10.2. The first kappa shape index (κ1) is 15.6. The van der Waals surface area contributed by atoms with Crippen molar-refractivity contribution in [3.05, 3.63) is 66.0 Å². The number of aromatic nitrogens is 1. The van der Waals surface area contributed by atoms with Gasteiger partial charge in [0.05, 0.1) is 25.0 Å². The number of rotatable bonds is 8. The van der Waals surface area contributed by atoms with E-state index in [1.54, 1.807) is 6.20 Å². The first-order valence-electron chi connectivity index (χ1n) is 7.20. The Morgan fingerprint density at radius 3 is 2.62 bits per heavy atom. The van der Waals surface area contributed by atoms with Crippen LogP contribution in [0.2, 0.25) is 0 Å². The molecule has 0 amide bonds. The van der Waals surface area contributed by atoms with E-state index in [1.807, 2.05) is 55.5 Å². The van der Waals surface area contributed by atoms with Crippen molar-refractivity contribution >= 4 is 0 Å². The SMILES string of the molecule is CC(NCC(O)COCc1ccccc1)c1ccccn1. The fourth-order valence-electron chi connectivity index (χ4n) is 2.00. The highest BCUT2D eigenvalue weighted by Gasteiger charge is 2.09. The highest BCUT2D eigenvalue weighted by Crippen LogP contribution is 2.07. The van der Waals surface area contributed by atoms with Gasteiger partial charge in [-0.1, -0.05) is 36.4 Å². The van der Waals surface area contributed by atoms with Crippen LogP contribution in [0.1, 0.15) is 24.2 Å². The summed E-state index contributed by atoms with van der Waals surface area (Å²) in [7, 11) is 0. The number of aliphatic hydroxyl groups excluding tert-OH is 1. The van der Waals surface area contributed by atoms with Crippen molar-refractivity contribution in [1.29, 1.82) is 0 Å². The Morgan fingerprint density at radius 2 is 1.90 bits per heavy atom. The van der Waals surface area contributed by atoms with Gasteiger partial charge >= 0.3 is 0 Å². The number of ether oxygens (including phenoxy) is 1. The quantitative estimate of drug-likeness (QED) is 0.782. The fraction of sp³-hybridized carbons (Fsp3) is 0.353. The molecular formula is C17H22N2O2. The van der Waals surface area contributed by atoms with Crippen LogP contribution in [0, 0.1) is 0 Å². The normalized spacial score (nSPS) is 13.8. The third-order valence-corrected chi connectivity index (χ3v) is 3.21. The van der Waals surface area contributed by atoms with Crippen LogP contribution in [0.3, 0.4) is 0 Å². The molecule has 0 saturated carbocycles. The first-order chi connectivity index (χ1) is 10.3. The molecule has 0 bridgehead atoms. The van der Waals surface area contributed by atoms with Gasteiger partial charge in [0.25, 0.3) is 0 Å². The maximum Gasteiger partial charge on any atom is 0.0898 e. The van der Waals surface area contributed by atoms with Crippen LogP contribution >= 0.6 is 0 Å². The van der Waals surface area contributed by atoms with E-state index in [-0.39, 0.29) is 6.04 Å². The van der Waals surface area contributed by atoms with E-state index in [1.165, 1.54) is 0 Å². The summed E-state index contributed by atoms with van der Waals surface area (Å²) in [5.74, 6) is 0. The van der Waals surface area contributed by atoms with Crippen molar-refractivity contribution in [2.45, 2.75) is 25.7 Å². The molecule has 0 saturated heterocycles. The van der Waals surface area contributed by atoms with E-state index in [2.05, 4.69) is 10.3 Å². The Labute approximate surface area is 125 Å². The molecule has 2 unspecified atom stereocenters. The highest BCUT2D eigenvalue weighted by atomic mass is 16.5. The van der Waals surface area contributed by atoms with Crippen LogP contribution in [0.4, 0.5) is 0 Å². The molecular weight excluding hydrogens is 264 g/mol. The Bertz CT molecular complexity index is 505. The van der Waals surface area contributed by atoms with Gasteiger partial charge in [0, 0.05) is 18.8 Å². The number of hydrogen-bond acceptors (Lipinski definition) is 4. The van der Waals surface area contributed by atoms with Crippen LogP contribution in [0.25, 0.3) is 0 Å². The number of nitrogens with zero attached hydrogens (tertiary/aromatic N) is 1. The lowest BCUT2D eigenvalue weighted by molar-refractivity contribution is 0.0278. The molecule has 2 rings (SSSR count). The molecule has 4 heteroatoms. The molecule has 0 aliphatic heterocycles. The molecule has 0 aliphatic rings. The van der Waals surface area contributed by atoms with Crippen molar-refractivity contribution in [2.75, 3.05) is 13.2 Å². The molecule has 2 N–H and O–H groups in total. The van der Waals surface area contributed by atoms with Crippen LogP contribution in [0.15, 0.2) is 54.7 Å². The summed E-state index contributed by atoms with van der Waals surface area (Å²) in [6, 6.07) is 15.9. The summed E-state index contributed by atoms with van der Waals surface area (Å²) in [4.78, 5) is 4.28. The number of pyridine rings is 1. The zero-order valence-electron chi connectivity index (χ0n) is 12.3. The van der Waals surface area contributed by atoms with E-state index in [4.69, 9.17) is 4.74 Å². The summed E-state index contributed by atoms with van der Waals surface area (Å²) >= 11 is 0. The van der Waals surface area contributed by atoms with Crippen molar-refractivity contribution in [1.82, 2.24) is 10.3 Å². The molecule has 0 spiro atoms. The van der Waals surface area contributed by atoms with Crippen LogP contribution in [-0.4, -0.2) is 29.3 Å². The summed E-state index contributed by atoms with van der Waals surface area (Å²) < 4.78 is 5.51. The van der Waals surface area contributed by atoms with Gasteiger partial charge in [-0.3, -0.25) is 4.98 Å². The molecule has 0 aliphatic carbocycles. The maximum absolute atomic E-state index is 9.92. The smallest absolute Gasteiger partial charge is 0.0898 e. The second-order valence-electron chi connectivity index (χ2n) is 5.04. The topological polar surface area (TPSA) is 54.4 Å². The van der Waals surface area contributed by atoms with E-state index < -0.39 is 6.10 Å². The average molecular weight is 286 g/mol. The largest absolute Gasteiger partial charge is 0.389 e. The van der Waals surface area contributed by atoms with Gasteiger partial charge in [0.1, 0.15) is 0 Å². The summed E-state index contributed by atoms with van der Waals surface area (Å²) in [5.41, 5.74) is 2.08. The van der Waals surface area contributed by atoms with Crippen molar-refractivity contribution in [3.8, 4) is 0 Å². The Balaban J connectivity index is 1.64. The highest BCUT2D eigenvalue weighted by molar-refractivity contribution is 5.13. The van der Waals surface area contributed by atoms with Gasteiger partial charge in [0.15, 0.2) is 0 Å². The van der Waals surface area contributed by atoms with Gasteiger partial charge in [-0.15, -0.1) is 0 Å². The predicted molar refractivity (Wildman–Crippen MR) is 82.8 cm³/mol. The molecule has 1 heterocycles. The Morgan fingerprint density at radius 1 is 1.14 bits per heavy atom. The number of aliphatic hydroxyl groups is 1. The third kappa shape index (κ3) is 5.63. The maximum atomic E-state index is 9.92. The van der Waals surface area contributed by atoms with E-state index in [9.17, 15) is 5.11 Å². The minimum Gasteiger partial charge on any atom is -0.389 e. The van der Waals surface area contributed by atoms with Crippen molar-refractivity contribution in [3.63, 3.8) is 0 Å². The standard InChI is InChI=1S/C17H22N2O2/c1-14(17-9-5-6-10-18-17)19-11-16(20)13-21-12-15-7-3-2-4-8-15/h2-10,14,16,19-20H,11-13H2,1H3. The van der Waals surface area contributed by atoms with Crippen LogP contribution in [-0.2, 0) is 11.3 Å². The van der Waals surface area contributed by atoms with Crippen LogP contribution in [0.5, 0.6) is 0 Å². The minimum absolute atomic E-state index is 0.106. The van der Waals surface area contributed by atoms with Crippen molar-refractivity contribution < 1.29 is 9.84 Å². The van der Waals surface area contributed by atoms with E-state index >= 15 is 0 Å². The molecule has 112 valence electrons. The summed E-state index contributed by atoms with van der Waals surface area (Å²) in [6.07, 6.45) is 1.24. The molecule has 2 aromatic rings. The number of nitrogens with one attached hydrogen (secondary N) is 1. The molecule has 1 aromatic carbocycles.